The second-order valence-electron chi connectivity index (χ2n) is 4.68. The van der Waals surface area contributed by atoms with Crippen LogP contribution < -0.4 is 4.72 Å². The van der Waals surface area contributed by atoms with Crippen LogP contribution in [0.2, 0.25) is 0 Å². The molecule has 110 valence electrons. The van der Waals surface area contributed by atoms with Crippen LogP contribution in [0.15, 0.2) is 47.4 Å². The van der Waals surface area contributed by atoms with Gasteiger partial charge in [-0.25, -0.2) is 13.1 Å². The molecular formula is C15H16N2O3S. The number of hydrogen-bond donors (Lipinski definition) is 1. The summed E-state index contributed by atoms with van der Waals surface area (Å²) in [6.07, 6.45) is 0. The Hall–Kier alpha value is -2.05. The van der Waals surface area contributed by atoms with Crippen LogP contribution in [0.4, 0.5) is 0 Å². The van der Waals surface area contributed by atoms with Crippen molar-refractivity contribution in [3.8, 4) is 0 Å². The maximum absolute atomic E-state index is 12.1. The van der Waals surface area contributed by atoms with Crippen LogP contribution in [-0.2, 0) is 16.6 Å². The molecule has 0 aliphatic carbocycles. The molecule has 0 amide bonds. The third-order valence-electron chi connectivity index (χ3n) is 2.96. The fraction of sp³-hybridized carbons (Fsp3) is 0.200. The molecule has 0 saturated heterocycles. The lowest BCUT2D eigenvalue weighted by Crippen LogP contribution is -2.23. The molecule has 0 aliphatic rings. The molecule has 0 unspecified atom stereocenters. The second-order valence-corrected chi connectivity index (χ2v) is 6.44. The van der Waals surface area contributed by atoms with Crippen molar-refractivity contribution in [1.29, 1.82) is 0 Å². The molecule has 0 saturated carbocycles. The third kappa shape index (κ3) is 3.96. The summed E-state index contributed by atoms with van der Waals surface area (Å²) in [5.74, 6) is -0.101. The number of nitrogens with one attached hydrogen (secondary N) is 1. The monoisotopic (exact) mass is 304 g/mol. The molecule has 0 radical (unpaired) electrons. The van der Waals surface area contributed by atoms with E-state index in [4.69, 9.17) is 0 Å². The van der Waals surface area contributed by atoms with Gasteiger partial charge < -0.3 is 0 Å². The lowest BCUT2D eigenvalue weighted by atomic mass is 10.2. The lowest BCUT2D eigenvalue weighted by Gasteiger charge is -2.07. The van der Waals surface area contributed by atoms with Gasteiger partial charge in [0.05, 0.1) is 17.1 Å². The molecule has 21 heavy (non-hydrogen) atoms. The van der Waals surface area contributed by atoms with Crippen molar-refractivity contribution in [3.63, 3.8) is 0 Å². The number of benzene rings is 1. The van der Waals surface area contributed by atoms with Crippen LogP contribution in [0, 0.1) is 6.92 Å². The summed E-state index contributed by atoms with van der Waals surface area (Å²) in [5, 5.41) is 0. The van der Waals surface area contributed by atoms with Crippen LogP contribution in [0.5, 0.6) is 0 Å². The number of nitrogens with zero attached hydrogens (tertiary/aromatic N) is 1. The Morgan fingerprint density at radius 3 is 2.38 bits per heavy atom. The van der Waals surface area contributed by atoms with Gasteiger partial charge in [0.15, 0.2) is 5.78 Å². The Balaban J connectivity index is 2.13. The lowest BCUT2D eigenvalue weighted by molar-refractivity contribution is 0.101. The molecular weight excluding hydrogens is 288 g/mol. The molecule has 1 heterocycles. The summed E-state index contributed by atoms with van der Waals surface area (Å²) in [4.78, 5) is 15.5. The van der Waals surface area contributed by atoms with Gasteiger partial charge in [0.1, 0.15) is 0 Å². The predicted molar refractivity (Wildman–Crippen MR) is 79.4 cm³/mol. The fourth-order valence-corrected chi connectivity index (χ4v) is 2.82. The van der Waals surface area contributed by atoms with Gasteiger partial charge in [-0.1, -0.05) is 18.2 Å². The number of carbonyl (C=O) groups is 1. The highest BCUT2D eigenvalue weighted by atomic mass is 32.2. The van der Waals surface area contributed by atoms with E-state index in [0.717, 1.165) is 5.69 Å². The first-order valence-corrected chi connectivity index (χ1v) is 7.90. The molecule has 0 spiro atoms. The smallest absolute Gasteiger partial charge is 0.240 e. The van der Waals surface area contributed by atoms with E-state index in [2.05, 4.69) is 9.71 Å². The van der Waals surface area contributed by atoms with Gasteiger partial charge in [0, 0.05) is 11.3 Å². The zero-order valence-electron chi connectivity index (χ0n) is 11.8. The number of ketones is 1. The highest BCUT2D eigenvalue weighted by molar-refractivity contribution is 7.89. The zero-order valence-corrected chi connectivity index (χ0v) is 12.6. The van der Waals surface area contributed by atoms with E-state index < -0.39 is 10.0 Å². The average molecular weight is 304 g/mol. The quantitative estimate of drug-likeness (QED) is 0.858. The summed E-state index contributed by atoms with van der Waals surface area (Å²) in [6.45, 7) is 3.40. The highest BCUT2D eigenvalue weighted by Gasteiger charge is 2.14. The Kier molecular flexibility index (Phi) is 4.50. The maximum atomic E-state index is 12.1. The van der Waals surface area contributed by atoms with Gasteiger partial charge in [0.25, 0.3) is 0 Å². The predicted octanol–water partition coefficient (Wildman–Crippen LogP) is 2.07. The van der Waals surface area contributed by atoms with E-state index in [-0.39, 0.29) is 17.2 Å². The number of hydrogen-bond acceptors (Lipinski definition) is 4. The summed E-state index contributed by atoms with van der Waals surface area (Å²) in [6, 6.07) is 11.3. The summed E-state index contributed by atoms with van der Waals surface area (Å²) in [7, 11) is -3.62. The Labute approximate surface area is 124 Å². The minimum absolute atomic E-state index is 0.101. The van der Waals surface area contributed by atoms with Gasteiger partial charge >= 0.3 is 0 Å². The van der Waals surface area contributed by atoms with E-state index in [1.807, 2.05) is 19.1 Å². The van der Waals surface area contributed by atoms with Crippen LogP contribution in [-0.4, -0.2) is 19.2 Å². The zero-order chi connectivity index (χ0) is 15.5. The van der Waals surface area contributed by atoms with E-state index in [1.165, 1.54) is 31.2 Å². The van der Waals surface area contributed by atoms with Gasteiger partial charge in [-0.2, -0.15) is 0 Å². The summed E-state index contributed by atoms with van der Waals surface area (Å²) >= 11 is 0. The van der Waals surface area contributed by atoms with E-state index >= 15 is 0 Å². The van der Waals surface area contributed by atoms with Gasteiger partial charge in [-0.05, 0) is 38.1 Å². The Morgan fingerprint density at radius 1 is 1.14 bits per heavy atom. The van der Waals surface area contributed by atoms with Crippen LogP contribution in [0.1, 0.15) is 28.7 Å². The minimum Gasteiger partial charge on any atom is -0.295 e. The number of aryl methyl sites for hydroxylation is 1. The number of Topliss-reactive ketones (excluding diaryl/α,β-unsaturated/α-hetero) is 1. The number of pyridine rings is 1. The topological polar surface area (TPSA) is 76.1 Å². The minimum atomic E-state index is -3.62. The van der Waals surface area contributed by atoms with Crippen molar-refractivity contribution in [1.82, 2.24) is 9.71 Å². The first-order valence-electron chi connectivity index (χ1n) is 6.42. The molecule has 0 fully saturated rings. The van der Waals surface area contributed by atoms with E-state index in [9.17, 15) is 13.2 Å². The first kappa shape index (κ1) is 15.3. The van der Waals surface area contributed by atoms with Gasteiger partial charge in [-0.15, -0.1) is 0 Å². The molecule has 0 atom stereocenters. The van der Waals surface area contributed by atoms with Crippen molar-refractivity contribution in [3.05, 3.63) is 59.4 Å². The third-order valence-corrected chi connectivity index (χ3v) is 4.38. The number of carbonyl (C=O) groups excluding carboxylic acids is 1. The molecule has 2 rings (SSSR count). The summed E-state index contributed by atoms with van der Waals surface area (Å²) in [5.41, 5.74) is 1.96. The van der Waals surface area contributed by atoms with Crippen molar-refractivity contribution < 1.29 is 13.2 Å². The molecule has 0 bridgehead atoms. The van der Waals surface area contributed by atoms with E-state index in [1.54, 1.807) is 6.07 Å². The number of sulfonamides is 1. The van der Waals surface area contributed by atoms with Crippen LogP contribution in [0.25, 0.3) is 0 Å². The second kappa shape index (κ2) is 6.15. The van der Waals surface area contributed by atoms with Crippen LogP contribution in [0.3, 0.4) is 0 Å². The highest BCUT2D eigenvalue weighted by Crippen LogP contribution is 2.11. The molecule has 5 nitrogen and oxygen atoms in total. The fourth-order valence-electron chi connectivity index (χ4n) is 1.82. The molecule has 2 aromatic rings. The Morgan fingerprint density at radius 2 is 1.81 bits per heavy atom. The van der Waals surface area contributed by atoms with Gasteiger partial charge in [-0.3, -0.25) is 9.78 Å². The largest absolute Gasteiger partial charge is 0.295 e. The molecule has 1 aromatic heterocycles. The molecule has 1 N–H and O–H groups in total. The van der Waals surface area contributed by atoms with Crippen molar-refractivity contribution >= 4 is 15.8 Å². The standard InChI is InChI=1S/C15H16N2O3S/c1-11-4-3-5-14(17-11)10-16-21(19,20)15-8-6-13(7-9-15)12(2)18/h3-9,16H,10H2,1-2H3. The maximum Gasteiger partial charge on any atom is 0.240 e. The van der Waals surface area contributed by atoms with E-state index in [0.29, 0.717) is 11.3 Å². The van der Waals surface area contributed by atoms with Crippen molar-refractivity contribution in [2.45, 2.75) is 25.3 Å². The first-order chi connectivity index (χ1) is 9.88. The molecule has 1 aromatic carbocycles. The average Bonchev–Trinajstić information content (AvgIpc) is 2.45. The van der Waals surface area contributed by atoms with Crippen molar-refractivity contribution in [2.24, 2.45) is 0 Å². The van der Waals surface area contributed by atoms with Gasteiger partial charge in [0.2, 0.25) is 10.0 Å². The van der Waals surface area contributed by atoms with Crippen molar-refractivity contribution in [2.75, 3.05) is 0 Å². The SMILES string of the molecule is CC(=O)c1ccc(S(=O)(=O)NCc2cccc(C)n2)cc1. The Bertz CT molecular complexity index is 753. The number of aromatic nitrogens is 1. The molecule has 0 aliphatic heterocycles. The van der Waals surface area contributed by atoms with Crippen LogP contribution >= 0.6 is 0 Å². The molecule has 6 heteroatoms. The summed E-state index contributed by atoms with van der Waals surface area (Å²) < 4.78 is 26.8. The number of rotatable bonds is 5. The normalized spacial score (nSPS) is 11.3.